The van der Waals surface area contributed by atoms with Gasteiger partial charge < -0.3 is 9.13 Å². The average molecular weight is 509 g/mol. The van der Waals surface area contributed by atoms with Gasteiger partial charge in [0.05, 0.1) is 22.1 Å². The summed E-state index contributed by atoms with van der Waals surface area (Å²) in [5.41, 5.74) is 7.28. The second kappa shape index (κ2) is 8.08. The molecule has 2 heteroatoms. The van der Waals surface area contributed by atoms with Crippen molar-refractivity contribution in [1.82, 2.24) is 9.13 Å². The van der Waals surface area contributed by atoms with Gasteiger partial charge in [-0.3, -0.25) is 0 Å². The molecule has 0 saturated heterocycles. The van der Waals surface area contributed by atoms with Crippen molar-refractivity contribution in [3.05, 3.63) is 146 Å². The van der Waals surface area contributed by atoms with Crippen molar-refractivity contribution in [1.29, 1.82) is 0 Å². The van der Waals surface area contributed by atoms with E-state index in [0.717, 1.165) is 0 Å². The quantitative estimate of drug-likeness (QED) is 0.206. The fourth-order valence-electron chi connectivity index (χ4n) is 6.70. The third-order valence-corrected chi connectivity index (χ3v) is 8.48. The van der Waals surface area contributed by atoms with E-state index < -0.39 is 0 Å². The summed E-state index contributed by atoms with van der Waals surface area (Å²) >= 11 is 0. The fourth-order valence-corrected chi connectivity index (χ4v) is 6.70. The molecule has 0 spiro atoms. The number of aromatic nitrogens is 2. The Bertz CT molecular complexity index is 2160. The number of para-hydroxylation sites is 4. The Morgan fingerprint density at radius 1 is 0.275 bits per heavy atom. The molecule has 0 aliphatic rings. The van der Waals surface area contributed by atoms with E-state index in [2.05, 4.69) is 155 Å². The van der Waals surface area contributed by atoms with Crippen LogP contribution >= 0.6 is 0 Å². The second-order valence-corrected chi connectivity index (χ2v) is 10.6. The number of hydrogen-bond acceptors (Lipinski definition) is 0. The van der Waals surface area contributed by atoms with Crippen molar-refractivity contribution in [2.45, 2.75) is 0 Å². The van der Waals surface area contributed by atoms with Crippen molar-refractivity contribution in [3.63, 3.8) is 0 Å². The Kier molecular flexibility index (Phi) is 4.36. The molecule has 0 bridgehead atoms. The molecule has 186 valence electrons. The van der Waals surface area contributed by atoms with Gasteiger partial charge in [0.2, 0.25) is 0 Å². The Balaban J connectivity index is 1.34. The van der Waals surface area contributed by atoms with Gasteiger partial charge in [-0.05, 0) is 70.1 Å². The topological polar surface area (TPSA) is 9.86 Å². The highest BCUT2D eigenvalue weighted by molar-refractivity contribution is 6.13. The van der Waals surface area contributed by atoms with Crippen LogP contribution in [-0.4, -0.2) is 9.13 Å². The van der Waals surface area contributed by atoms with Crippen LogP contribution in [0.3, 0.4) is 0 Å². The number of rotatable bonds is 2. The minimum atomic E-state index is 1.18. The van der Waals surface area contributed by atoms with Crippen molar-refractivity contribution in [3.8, 4) is 11.4 Å². The van der Waals surface area contributed by atoms with Crippen LogP contribution in [-0.2, 0) is 0 Å². The van der Waals surface area contributed by atoms with Gasteiger partial charge in [-0.1, -0.05) is 97.1 Å². The first-order chi connectivity index (χ1) is 19.8. The molecule has 0 saturated carbocycles. The molecule has 0 amide bonds. The van der Waals surface area contributed by atoms with Gasteiger partial charge in [0.15, 0.2) is 0 Å². The smallest absolute Gasteiger partial charge is 0.0541 e. The minimum Gasteiger partial charge on any atom is -0.309 e. The second-order valence-electron chi connectivity index (χ2n) is 10.6. The maximum Gasteiger partial charge on any atom is 0.0541 e. The first-order valence-electron chi connectivity index (χ1n) is 13.8. The van der Waals surface area contributed by atoms with Crippen LogP contribution in [0.1, 0.15) is 0 Å². The van der Waals surface area contributed by atoms with Crippen molar-refractivity contribution in [2.24, 2.45) is 0 Å². The van der Waals surface area contributed by atoms with Crippen LogP contribution in [0.25, 0.3) is 76.5 Å². The largest absolute Gasteiger partial charge is 0.309 e. The number of benzene rings is 7. The molecule has 9 rings (SSSR count). The van der Waals surface area contributed by atoms with E-state index >= 15 is 0 Å². The molecular formula is C38H24N2. The van der Waals surface area contributed by atoms with Crippen LogP contribution in [0.4, 0.5) is 0 Å². The molecule has 0 unspecified atom stereocenters. The molecule has 7 aromatic carbocycles. The minimum absolute atomic E-state index is 1.18. The zero-order valence-electron chi connectivity index (χ0n) is 21.8. The normalized spacial score (nSPS) is 12.0. The van der Waals surface area contributed by atoms with Gasteiger partial charge in [0.25, 0.3) is 0 Å². The van der Waals surface area contributed by atoms with Gasteiger partial charge in [0.1, 0.15) is 0 Å². The first kappa shape index (κ1) is 21.6. The maximum absolute atomic E-state index is 2.40. The Hall–Kier alpha value is -5.34. The predicted octanol–water partition coefficient (Wildman–Crippen LogP) is 10.2. The number of nitrogens with zero attached hydrogens (tertiary/aromatic N) is 2. The summed E-state index contributed by atoms with van der Waals surface area (Å²) < 4.78 is 4.81. The van der Waals surface area contributed by atoms with Crippen LogP contribution in [0.5, 0.6) is 0 Å². The average Bonchev–Trinajstić information content (AvgIpc) is 3.54. The summed E-state index contributed by atoms with van der Waals surface area (Å²) in [6.07, 6.45) is 0. The zero-order valence-corrected chi connectivity index (χ0v) is 21.8. The van der Waals surface area contributed by atoms with Crippen molar-refractivity contribution in [2.75, 3.05) is 0 Å². The molecule has 0 fully saturated rings. The van der Waals surface area contributed by atoms with Crippen molar-refractivity contribution >= 4 is 65.2 Å². The fraction of sp³-hybridized carbons (Fsp3) is 0. The zero-order chi connectivity index (χ0) is 26.2. The summed E-state index contributed by atoms with van der Waals surface area (Å²) in [5.74, 6) is 0. The van der Waals surface area contributed by atoms with Crippen molar-refractivity contribution < 1.29 is 0 Å². The molecular weight excluding hydrogens is 484 g/mol. The molecule has 0 N–H and O–H groups in total. The number of fused-ring (bicyclic) bond motifs is 9. The third kappa shape index (κ3) is 2.93. The van der Waals surface area contributed by atoms with E-state index in [9.17, 15) is 0 Å². The van der Waals surface area contributed by atoms with Gasteiger partial charge >= 0.3 is 0 Å². The SMILES string of the molecule is c1ccc2c(c1)c1ccccc1n2-c1ccc2ccc3ccc(-n4c5ccccc5c5ccccc54)cc3c2c1. The highest BCUT2D eigenvalue weighted by Gasteiger charge is 2.14. The highest BCUT2D eigenvalue weighted by atomic mass is 15.0. The van der Waals surface area contributed by atoms with E-state index in [1.54, 1.807) is 0 Å². The molecule has 0 aliphatic carbocycles. The van der Waals surface area contributed by atoms with Crippen LogP contribution in [0, 0.1) is 0 Å². The summed E-state index contributed by atoms with van der Waals surface area (Å²) in [6.45, 7) is 0. The Labute approximate surface area is 230 Å². The summed E-state index contributed by atoms with van der Waals surface area (Å²) in [6, 6.07) is 53.1. The summed E-state index contributed by atoms with van der Waals surface area (Å²) in [4.78, 5) is 0. The first-order valence-corrected chi connectivity index (χ1v) is 13.8. The lowest BCUT2D eigenvalue weighted by atomic mass is 10.0. The Morgan fingerprint density at radius 3 is 0.925 bits per heavy atom. The van der Waals surface area contributed by atoms with Gasteiger partial charge in [0, 0.05) is 32.9 Å². The predicted molar refractivity (Wildman–Crippen MR) is 170 cm³/mol. The highest BCUT2D eigenvalue weighted by Crippen LogP contribution is 2.36. The lowest BCUT2D eigenvalue weighted by molar-refractivity contribution is 1.18. The van der Waals surface area contributed by atoms with Gasteiger partial charge in [-0.25, -0.2) is 0 Å². The van der Waals surface area contributed by atoms with Crippen LogP contribution in [0.2, 0.25) is 0 Å². The van der Waals surface area contributed by atoms with Crippen LogP contribution < -0.4 is 0 Å². The lowest BCUT2D eigenvalue weighted by Gasteiger charge is -2.13. The molecule has 2 nitrogen and oxygen atoms in total. The maximum atomic E-state index is 2.40. The van der Waals surface area contributed by atoms with Crippen LogP contribution in [0.15, 0.2) is 146 Å². The molecule has 9 aromatic rings. The van der Waals surface area contributed by atoms with E-state index in [1.807, 2.05) is 0 Å². The molecule has 2 aromatic heterocycles. The van der Waals surface area contributed by atoms with E-state index in [1.165, 1.54) is 76.5 Å². The molecule has 40 heavy (non-hydrogen) atoms. The summed E-state index contributed by atoms with van der Waals surface area (Å²) in [5, 5.41) is 10.1. The summed E-state index contributed by atoms with van der Waals surface area (Å²) in [7, 11) is 0. The molecule has 0 radical (unpaired) electrons. The van der Waals surface area contributed by atoms with Gasteiger partial charge in [-0.2, -0.15) is 0 Å². The number of hydrogen-bond donors (Lipinski definition) is 0. The lowest BCUT2D eigenvalue weighted by Crippen LogP contribution is -1.95. The molecule has 2 heterocycles. The standard InChI is InChI=1S/C38H24N2/c1-5-13-35-29(9-1)30-10-2-6-14-36(30)39(35)27-21-19-25-17-18-26-20-22-28(24-34(26)33(25)23-27)40-37-15-7-3-11-31(37)32-12-4-8-16-38(32)40/h1-24H. The monoisotopic (exact) mass is 508 g/mol. The third-order valence-electron chi connectivity index (χ3n) is 8.48. The van der Waals surface area contributed by atoms with Gasteiger partial charge in [-0.15, -0.1) is 0 Å². The van der Waals surface area contributed by atoms with E-state index in [-0.39, 0.29) is 0 Å². The van der Waals surface area contributed by atoms with E-state index in [0.29, 0.717) is 0 Å². The molecule has 0 atom stereocenters. The molecule has 0 aliphatic heterocycles. The Morgan fingerprint density at radius 2 is 0.575 bits per heavy atom. The van der Waals surface area contributed by atoms with E-state index in [4.69, 9.17) is 0 Å².